The number of hydrogen-bond donors (Lipinski definition) is 1. The van der Waals surface area contributed by atoms with Crippen LogP contribution in [0, 0.1) is 13.8 Å². The van der Waals surface area contributed by atoms with Gasteiger partial charge in [-0.05, 0) is 55.0 Å². The molecule has 0 bridgehead atoms. The molecule has 2 heteroatoms. The van der Waals surface area contributed by atoms with Crippen LogP contribution in [0.15, 0.2) is 42.5 Å². The highest BCUT2D eigenvalue weighted by Gasteiger charge is 2.28. The van der Waals surface area contributed by atoms with Crippen molar-refractivity contribution in [3.8, 4) is 5.75 Å². The molecule has 0 saturated carbocycles. The van der Waals surface area contributed by atoms with Crippen molar-refractivity contribution in [3.05, 3.63) is 64.7 Å². The lowest BCUT2D eigenvalue weighted by Crippen LogP contribution is -2.27. The average molecular weight is 282 g/mol. The van der Waals surface area contributed by atoms with Crippen LogP contribution in [-0.2, 0) is 6.42 Å². The highest BCUT2D eigenvalue weighted by molar-refractivity contribution is 5.40. The van der Waals surface area contributed by atoms with Crippen molar-refractivity contribution in [2.45, 2.75) is 38.7 Å². The molecule has 2 aromatic rings. The van der Waals surface area contributed by atoms with E-state index in [0.717, 1.165) is 17.7 Å². The first-order valence-corrected chi connectivity index (χ1v) is 7.61. The normalized spacial score (nSPS) is 18.7. The minimum Gasteiger partial charge on any atom is -0.493 e. The van der Waals surface area contributed by atoms with Gasteiger partial charge in [-0.15, -0.1) is 0 Å². The zero-order valence-corrected chi connectivity index (χ0v) is 12.7. The van der Waals surface area contributed by atoms with E-state index in [9.17, 15) is 5.11 Å². The number of aryl methyl sites for hydroxylation is 2. The molecule has 0 fully saturated rings. The van der Waals surface area contributed by atoms with Gasteiger partial charge in [0, 0.05) is 5.92 Å². The van der Waals surface area contributed by atoms with E-state index >= 15 is 0 Å². The number of aliphatic hydroxyl groups is 1. The molecule has 2 unspecified atom stereocenters. The largest absolute Gasteiger partial charge is 0.493 e. The maximum Gasteiger partial charge on any atom is 0.122 e. The second-order valence-electron chi connectivity index (χ2n) is 5.92. The Morgan fingerprint density at radius 1 is 1.10 bits per heavy atom. The van der Waals surface area contributed by atoms with Crippen LogP contribution >= 0.6 is 0 Å². The van der Waals surface area contributed by atoms with Crippen molar-refractivity contribution in [3.63, 3.8) is 0 Å². The number of ether oxygens (including phenoxy) is 1. The molecule has 1 aliphatic rings. The lowest BCUT2D eigenvalue weighted by Gasteiger charge is -2.30. The van der Waals surface area contributed by atoms with Crippen LogP contribution in [0.2, 0.25) is 0 Å². The zero-order chi connectivity index (χ0) is 14.8. The molecule has 21 heavy (non-hydrogen) atoms. The first-order chi connectivity index (χ1) is 10.2. The monoisotopic (exact) mass is 282 g/mol. The minimum atomic E-state index is -0.366. The van der Waals surface area contributed by atoms with Gasteiger partial charge in [-0.1, -0.05) is 36.4 Å². The molecule has 110 valence electrons. The Hall–Kier alpha value is -1.80. The molecule has 0 radical (unpaired) electrons. The highest BCUT2D eigenvalue weighted by atomic mass is 16.5. The van der Waals surface area contributed by atoms with Crippen molar-refractivity contribution in [1.82, 2.24) is 0 Å². The van der Waals surface area contributed by atoms with Gasteiger partial charge in [0.25, 0.3) is 0 Å². The Morgan fingerprint density at radius 3 is 2.57 bits per heavy atom. The van der Waals surface area contributed by atoms with E-state index in [0.29, 0.717) is 13.0 Å². The van der Waals surface area contributed by atoms with Gasteiger partial charge in [-0.2, -0.15) is 0 Å². The van der Waals surface area contributed by atoms with Crippen LogP contribution in [0.3, 0.4) is 0 Å². The SMILES string of the molecule is Cc1cccc(C)c1CC(O)C1CCOc2ccccc21. The van der Waals surface area contributed by atoms with Gasteiger partial charge in [0.1, 0.15) is 5.75 Å². The molecule has 1 aliphatic heterocycles. The molecule has 0 spiro atoms. The smallest absolute Gasteiger partial charge is 0.122 e. The molecule has 0 aliphatic carbocycles. The minimum absolute atomic E-state index is 0.161. The molecule has 2 aromatic carbocycles. The Bertz CT molecular complexity index is 613. The maximum atomic E-state index is 10.8. The summed E-state index contributed by atoms with van der Waals surface area (Å²) < 4.78 is 5.69. The maximum absolute atomic E-state index is 10.8. The van der Waals surface area contributed by atoms with E-state index in [-0.39, 0.29) is 12.0 Å². The quantitative estimate of drug-likeness (QED) is 0.928. The van der Waals surface area contributed by atoms with E-state index in [1.54, 1.807) is 0 Å². The fourth-order valence-electron chi connectivity index (χ4n) is 3.29. The first kappa shape index (κ1) is 14.2. The van der Waals surface area contributed by atoms with Gasteiger partial charge < -0.3 is 9.84 Å². The van der Waals surface area contributed by atoms with Crippen molar-refractivity contribution < 1.29 is 9.84 Å². The summed E-state index contributed by atoms with van der Waals surface area (Å²) in [6, 6.07) is 14.4. The van der Waals surface area contributed by atoms with Crippen LogP contribution < -0.4 is 4.74 Å². The Kier molecular flexibility index (Phi) is 3.98. The Morgan fingerprint density at radius 2 is 1.81 bits per heavy atom. The molecule has 2 atom stereocenters. The number of aliphatic hydroxyl groups excluding tert-OH is 1. The van der Waals surface area contributed by atoms with Crippen LogP contribution in [0.25, 0.3) is 0 Å². The van der Waals surface area contributed by atoms with Gasteiger partial charge in [-0.3, -0.25) is 0 Å². The summed E-state index contributed by atoms with van der Waals surface area (Å²) in [5, 5.41) is 10.8. The van der Waals surface area contributed by atoms with Gasteiger partial charge in [0.05, 0.1) is 12.7 Å². The summed E-state index contributed by atoms with van der Waals surface area (Å²) >= 11 is 0. The van der Waals surface area contributed by atoms with Crippen molar-refractivity contribution in [2.75, 3.05) is 6.61 Å². The fourth-order valence-corrected chi connectivity index (χ4v) is 3.29. The molecule has 0 amide bonds. The van der Waals surface area contributed by atoms with E-state index < -0.39 is 0 Å². The van der Waals surface area contributed by atoms with Crippen molar-refractivity contribution >= 4 is 0 Å². The summed E-state index contributed by atoms with van der Waals surface area (Å²) in [5.74, 6) is 1.09. The third-order valence-electron chi connectivity index (χ3n) is 4.53. The molecule has 1 heterocycles. The summed E-state index contributed by atoms with van der Waals surface area (Å²) in [5.41, 5.74) is 4.93. The number of fused-ring (bicyclic) bond motifs is 1. The molecule has 0 saturated heterocycles. The van der Waals surface area contributed by atoms with Crippen LogP contribution in [-0.4, -0.2) is 17.8 Å². The summed E-state index contributed by atoms with van der Waals surface area (Å²) in [6.45, 7) is 4.92. The van der Waals surface area contributed by atoms with Gasteiger partial charge in [0.15, 0.2) is 0 Å². The lowest BCUT2D eigenvalue weighted by molar-refractivity contribution is 0.116. The van der Waals surface area contributed by atoms with Crippen LogP contribution in [0.1, 0.15) is 34.6 Å². The molecule has 3 rings (SSSR count). The van der Waals surface area contributed by atoms with Crippen molar-refractivity contribution in [2.24, 2.45) is 0 Å². The average Bonchev–Trinajstić information content (AvgIpc) is 2.50. The van der Waals surface area contributed by atoms with E-state index in [1.165, 1.54) is 16.7 Å². The Labute approximate surface area is 126 Å². The van der Waals surface area contributed by atoms with Gasteiger partial charge in [0.2, 0.25) is 0 Å². The number of benzene rings is 2. The van der Waals surface area contributed by atoms with Crippen LogP contribution in [0.4, 0.5) is 0 Å². The van der Waals surface area contributed by atoms with E-state index in [1.807, 2.05) is 18.2 Å². The summed E-state index contributed by atoms with van der Waals surface area (Å²) in [7, 11) is 0. The summed E-state index contributed by atoms with van der Waals surface area (Å²) in [4.78, 5) is 0. The van der Waals surface area contributed by atoms with E-state index in [2.05, 4.69) is 38.1 Å². The second-order valence-corrected chi connectivity index (χ2v) is 5.92. The molecular formula is C19H22O2. The fraction of sp³-hybridized carbons (Fsp3) is 0.368. The van der Waals surface area contributed by atoms with E-state index in [4.69, 9.17) is 4.74 Å². The second kappa shape index (κ2) is 5.90. The molecular weight excluding hydrogens is 260 g/mol. The zero-order valence-electron chi connectivity index (χ0n) is 12.7. The topological polar surface area (TPSA) is 29.5 Å². The van der Waals surface area contributed by atoms with Crippen LogP contribution in [0.5, 0.6) is 5.75 Å². The molecule has 0 aromatic heterocycles. The number of rotatable bonds is 3. The first-order valence-electron chi connectivity index (χ1n) is 7.61. The Balaban J connectivity index is 1.85. The molecule has 2 nitrogen and oxygen atoms in total. The highest BCUT2D eigenvalue weighted by Crippen LogP contribution is 2.36. The predicted molar refractivity (Wildman–Crippen MR) is 84.9 cm³/mol. The van der Waals surface area contributed by atoms with Gasteiger partial charge in [-0.25, -0.2) is 0 Å². The summed E-state index contributed by atoms with van der Waals surface area (Å²) in [6.07, 6.45) is 1.22. The lowest BCUT2D eigenvalue weighted by atomic mass is 9.84. The van der Waals surface area contributed by atoms with Gasteiger partial charge >= 0.3 is 0 Å². The number of hydrogen-bond acceptors (Lipinski definition) is 2. The predicted octanol–water partition coefficient (Wildman–Crippen LogP) is 3.77. The standard InChI is InChI=1S/C19H22O2/c1-13-6-5-7-14(2)17(13)12-18(20)15-10-11-21-19-9-4-3-8-16(15)19/h3-9,15,18,20H,10-12H2,1-2H3. The van der Waals surface area contributed by atoms with Crippen molar-refractivity contribution in [1.29, 1.82) is 0 Å². The molecule has 1 N–H and O–H groups in total. The third kappa shape index (κ3) is 2.81. The third-order valence-corrected chi connectivity index (χ3v) is 4.53. The number of para-hydroxylation sites is 1.